The Morgan fingerprint density at radius 3 is 2.64 bits per heavy atom. The Kier molecular flexibility index (Phi) is 8.01. The number of nitrogens with one attached hydrogen (secondary N) is 3. The summed E-state index contributed by atoms with van der Waals surface area (Å²) >= 11 is 5.98. The zero-order valence-electron chi connectivity index (χ0n) is 20.0. The number of benzene rings is 1. The molecule has 10 heteroatoms. The van der Waals surface area contributed by atoms with Gasteiger partial charge in [0.2, 0.25) is 5.91 Å². The van der Waals surface area contributed by atoms with Crippen LogP contribution in [0, 0.1) is 31.1 Å². The number of nitriles is 1. The molecule has 188 valence electrons. The Balaban J connectivity index is 1.48. The van der Waals surface area contributed by atoms with Crippen molar-refractivity contribution in [3.8, 4) is 11.8 Å². The molecule has 36 heavy (non-hydrogen) atoms. The lowest BCUT2D eigenvalue weighted by Gasteiger charge is -2.37. The minimum absolute atomic E-state index is 0.154. The first-order valence-electron chi connectivity index (χ1n) is 11.7. The molecule has 1 amide bonds. The van der Waals surface area contributed by atoms with Crippen LogP contribution in [0.15, 0.2) is 36.7 Å². The summed E-state index contributed by atoms with van der Waals surface area (Å²) in [6, 6.07) is 6.49. The quantitative estimate of drug-likeness (QED) is 0.344. The number of rotatable bonds is 6. The number of pyridine rings is 1. The second-order valence-corrected chi connectivity index (χ2v) is 9.61. The van der Waals surface area contributed by atoms with E-state index in [2.05, 4.69) is 21.7 Å². The van der Waals surface area contributed by atoms with Gasteiger partial charge in [-0.05, 0) is 49.0 Å². The number of carbonyl (C=O) groups is 2. The van der Waals surface area contributed by atoms with Crippen LogP contribution in [-0.4, -0.2) is 53.2 Å². The maximum atomic E-state index is 13.6. The average Bonchev–Trinajstić information content (AvgIpc) is 2.87. The number of halogens is 1. The highest BCUT2D eigenvalue weighted by Crippen LogP contribution is 2.29. The van der Waals surface area contributed by atoms with Gasteiger partial charge in [0.25, 0.3) is 0 Å². The normalized spacial score (nSPS) is 23.8. The topological polar surface area (TPSA) is 136 Å². The largest absolute Gasteiger partial charge is 0.487 e. The van der Waals surface area contributed by atoms with Crippen molar-refractivity contribution in [3.05, 3.63) is 63.9 Å². The zero-order chi connectivity index (χ0) is 25.8. The van der Waals surface area contributed by atoms with Crippen LogP contribution in [0.25, 0.3) is 5.57 Å². The number of ether oxygens (including phenoxy) is 1. The lowest BCUT2D eigenvalue weighted by molar-refractivity contribution is -0.140. The third-order valence-electron chi connectivity index (χ3n) is 6.72. The van der Waals surface area contributed by atoms with Crippen molar-refractivity contribution >= 4 is 28.9 Å². The minimum atomic E-state index is -0.830. The van der Waals surface area contributed by atoms with Crippen molar-refractivity contribution in [1.82, 2.24) is 21.1 Å². The standard InChI is InChI=1S/C26H28ClN5O4/c1-14-5-17(6-15(2)22(14)10-28)16-3-4-30-23(7-16)25(33)24-21(26(34)32-35)9-20(13-31-24)36-19-8-18(27)11-29-12-19/h3,5-6,8,11-12,20-21,23-24,30-31,35H,4,7,9,13H2,1-2H3,(H,32,34)/t20-,21-,23?,24-/m0/s1. The van der Waals surface area contributed by atoms with Crippen molar-refractivity contribution < 1.29 is 19.5 Å². The first kappa shape index (κ1) is 25.8. The molecule has 9 nitrogen and oxygen atoms in total. The summed E-state index contributed by atoms with van der Waals surface area (Å²) in [5.41, 5.74) is 6.13. The van der Waals surface area contributed by atoms with Gasteiger partial charge in [-0.2, -0.15) is 5.26 Å². The van der Waals surface area contributed by atoms with E-state index in [1.54, 1.807) is 11.5 Å². The van der Waals surface area contributed by atoms with E-state index in [4.69, 9.17) is 16.3 Å². The van der Waals surface area contributed by atoms with Crippen molar-refractivity contribution in [3.63, 3.8) is 0 Å². The van der Waals surface area contributed by atoms with Crippen LogP contribution in [0.2, 0.25) is 5.02 Å². The number of piperidine rings is 1. The second-order valence-electron chi connectivity index (χ2n) is 9.18. The fourth-order valence-corrected chi connectivity index (χ4v) is 5.13. The van der Waals surface area contributed by atoms with Gasteiger partial charge in [-0.25, -0.2) is 5.48 Å². The van der Waals surface area contributed by atoms with Crippen molar-refractivity contribution in [1.29, 1.82) is 5.26 Å². The molecule has 1 unspecified atom stereocenters. The van der Waals surface area contributed by atoms with Gasteiger partial charge in [-0.15, -0.1) is 0 Å². The number of amides is 1. The van der Waals surface area contributed by atoms with E-state index in [1.807, 2.05) is 32.1 Å². The molecule has 1 saturated heterocycles. The molecular weight excluding hydrogens is 482 g/mol. The molecule has 4 rings (SSSR count). The molecular formula is C26H28ClN5O4. The highest BCUT2D eigenvalue weighted by Gasteiger charge is 2.42. The van der Waals surface area contributed by atoms with Crippen LogP contribution >= 0.6 is 11.6 Å². The van der Waals surface area contributed by atoms with E-state index in [0.717, 1.165) is 22.3 Å². The van der Waals surface area contributed by atoms with Gasteiger partial charge in [-0.3, -0.25) is 19.8 Å². The summed E-state index contributed by atoms with van der Waals surface area (Å²) in [7, 11) is 0. The van der Waals surface area contributed by atoms with E-state index >= 15 is 0 Å². The van der Waals surface area contributed by atoms with Crippen LogP contribution in [0.4, 0.5) is 0 Å². The third kappa shape index (κ3) is 5.58. The predicted molar refractivity (Wildman–Crippen MR) is 134 cm³/mol. The number of aromatic nitrogens is 1. The minimum Gasteiger partial charge on any atom is -0.487 e. The monoisotopic (exact) mass is 509 g/mol. The van der Waals surface area contributed by atoms with Gasteiger partial charge in [0.1, 0.15) is 11.9 Å². The maximum absolute atomic E-state index is 13.6. The molecule has 2 aromatic rings. The fourth-order valence-electron chi connectivity index (χ4n) is 4.96. The molecule has 4 N–H and O–H groups in total. The Bertz CT molecular complexity index is 1220. The number of carbonyl (C=O) groups excluding carboxylic acids is 2. The summed E-state index contributed by atoms with van der Waals surface area (Å²) in [4.78, 5) is 30.1. The summed E-state index contributed by atoms with van der Waals surface area (Å²) in [5.74, 6) is -1.18. The van der Waals surface area contributed by atoms with Gasteiger partial charge in [0.05, 0.1) is 40.9 Å². The van der Waals surface area contributed by atoms with Crippen molar-refractivity contribution in [2.45, 2.75) is 44.9 Å². The zero-order valence-corrected chi connectivity index (χ0v) is 20.8. The molecule has 0 saturated carbocycles. The number of hydroxylamine groups is 1. The van der Waals surface area contributed by atoms with Crippen molar-refractivity contribution in [2.75, 3.05) is 13.1 Å². The Morgan fingerprint density at radius 2 is 1.97 bits per heavy atom. The third-order valence-corrected chi connectivity index (χ3v) is 6.92. The average molecular weight is 510 g/mol. The lowest BCUT2D eigenvalue weighted by Crippen LogP contribution is -2.60. The molecule has 1 fully saturated rings. The van der Waals surface area contributed by atoms with E-state index in [9.17, 15) is 20.1 Å². The van der Waals surface area contributed by atoms with E-state index < -0.39 is 30.0 Å². The van der Waals surface area contributed by atoms with Crippen LogP contribution < -0.4 is 20.9 Å². The van der Waals surface area contributed by atoms with Crippen LogP contribution in [-0.2, 0) is 9.59 Å². The summed E-state index contributed by atoms with van der Waals surface area (Å²) in [5, 5.41) is 25.5. The van der Waals surface area contributed by atoms with Crippen LogP contribution in [0.1, 0.15) is 35.1 Å². The Morgan fingerprint density at radius 1 is 1.22 bits per heavy atom. The smallest absolute Gasteiger partial charge is 0.248 e. The molecule has 0 bridgehead atoms. The van der Waals surface area contributed by atoms with E-state index in [0.29, 0.717) is 35.8 Å². The predicted octanol–water partition coefficient (Wildman–Crippen LogP) is 2.47. The van der Waals surface area contributed by atoms with Crippen LogP contribution in [0.3, 0.4) is 0 Å². The summed E-state index contributed by atoms with van der Waals surface area (Å²) in [6.07, 6.45) is 5.31. The van der Waals surface area contributed by atoms with Crippen LogP contribution in [0.5, 0.6) is 5.75 Å². The number of hydrogen-bond donors (Lipinski definition) is 4. The molecule has 3 heterocycles. The van der Waals surface area contributed by atoms with Gasteiger partial charge in [0, 0.05) is 25.4 Å². The molecule has 0 radical (unpaired) electrons. The summed E-state index contributed by atoms with van der Waals surface area (Å²) in [6.45, 7) is 4.64. The first-order chi connectivity index (χ1) is 17.3. The molecule has 0 aliphatic carbocycles. The molecule has 2 aliphatic heterocycles. The second kappa shape index (κ2) is 11.2. The molecule has 1 aromatic heterocycles. The van der Waals surface area contributed by atoms with Gasteiger partial charge < -0.3 is 15.4 Å². The molecule has 2 aliphatic rings. The van der Waals surface area contributed by atoms with Gasteiger partial charge >= 0.3 is 0 Å². The van der Waals surface area contributed by atoms with E-state index in [-0.39, 0.29) is 12.2 Å². The lowest BCUT2D eigenvalue weighted by atomic mass is 9.81. The Hall–Kier alpha value is -3.29. The number of nitrogens with zero attached hydrogens (tertiary/aromatic N) is 2. The number of Topliss-reactive ketones (excluding diaryl/α,β-unsaturated/α-hetero) is 1. The summed E-state index contributed by atoms with van der Waals surface area (Å²) < 4.78 is 5.92. The van der Waals surface area contributed by atoms with Gasteiger partial charge in [0.15, 0.2) is 5.78 Å². The molecule has 0 spiro atoms. The van der Waals surface area contributed by atoms with E-state index in [1.165, 1.54) is 12.4 Å². The SMILES string of the molecule is Cc1cc(C2=CCNC(C(=O)[C@H]3NC[C@@H](Oc4cncc(Cl)c4)C[C@@H]3C(=O)NO)C2)cc(C)c1C#N. The van der Waals surface area contributed by atoms with Crippen molar-refractivity contribution in [2.24, 2.45) is 5.92 Å². The number of hydrogen-bond acceptors (Lipinski definition) is 8. The number of aryl methyl sites for hydroxylation is 2. The highest BCUT2D eigenvalue weighted by atomic mass is 35.5. The maximum Gasteiger partial charge on any atom is 0.248 e. The molecule has 4 atom stereocenters. The highest BCUT2D eigenvalue weighted by molar-refractivity contribution is 6.30. The number of ketones is 1. The molecule has 1 aromatic carbocycles. The Labute approximate surface area is 214 Å². The van der Waals surface area contributed by atoms with Gasteiger partial charge in [-0.1, -0.05) is 29.8 Å². The fraction of sp³-hybridized carbons (Fsp3) is 0.385. The first-order valence-corrected chi connectivity index (χ1v) is 12.1.